The van der Waals surface area contributed by atoms with Crippen molar-refractivity contribution in [2.24, 2.45) is 5.73 Å². The van der Waals surface area contributed by atoms with Gasteiger partial charge < -0.3 is 5.73 Å². The smallest absolute Gasteiger partial charge is 0.0387 e. The lowest BCUT2D eigenvalue weighted by Crippen LogP contribution is -1.96. The Morgan fingerprint density at radius 3 is 2.32 bits per heavy atom. The summed E-state index contributed by atoms with van der Waals surface area (Å²) in [5.41, 5.74) is 13.0. The Balaban J connectivity index is 1.73. The van der Waals surface area contributed by atoms with E-state index in [4.69, 9.17) is 5.73 Å². The predicted molar refractivity (Wildman–Crippen MR) is 108 cm³/mol. The van der Waals surface area contributed by atoms with E-state index in [1.54, 1.807) is 0 Å². The normalized spacial score (nSPS) is 11.8. The van der Waals surface area contributed by atoms with Gasteiger partial charge in [0.15, 0.2) is 0 Å². The Labute approximate surface area is 150 Å². The lowest BCUT2D eigenvalue weighted by Gasteiger charge is -2.06. The number of benzene rings is 3. The molecule has 0 saturated carbocycles. The van der Waals surface area contributed by atoms with Crippen molar-refractivity contribution in [3.63, 3.8) is 0 Å². The van der Waals surface area contributed by atoms with Gasteiger partial charge in [0.05, 0.1) is 0 Å². The molecule has 3 rings (SSSR count). The van der Waals surface area contributed by atoms with E-state index in [9.17, 15) is 0 Å². The molecule has 0 saturated heterocycles. The van der Waals surface area contributed by atoms with Gasteiger partial charge in [0.1, 0.15) is 0 Å². The number of allylic oxidation sites excluding steroid dienone is 3. The van der Waals surface area contributed by atoms with Gasteiger partial charge in [-0.15, -0.1) is 0 Å². The number of hydrogen-bond donors (Lipinski definition) is 1. The van der Waals surface area contributed by atoms with Crippen LogP contribution in [0.2, 0.25) is 0 Å². The highest BCUT2D eigenvalue weighted by atomic mass is 14.6. The molecule has 0 aliphatic carbocycles. The minimum Gasteiger partial charge on any atom is -0.398 e. The Hall–Kier alpha value is -3.06. The van der Waals surface area contributed by atoms with Crippen LogP contribution in [0.5, 0.6) is 0 Å². The number of rotatable bonds is 5. The summed E-state index contributed by atoms with van der Waals surface area (Å²) in [7, 11) is 0. The van der Waals surface area contributed by atoms with Gasteiger partial charge in [0.2, 0.25) is 0 Å². The third-order valence-electron chi connectivity index (χ3n) is 4.16. The van der Waals surface area contributed by atoms with E-state index in [1.165, 1.54) is 22.3 Å². The van der Waals surface area contributed by atoms with Gasteiger partial charge in [-0.3, -0.25) is 0 Å². The lowest BCUT2D eigenvalue weighted by molar-refractivity contribution is 1.27. The second kappa shape index (κ2) is 8.16. The average molecular weight is 325 g/mol. The minimum atomic E-state index is 0.777. The van der Waals surface area contributed by atoms with Gasteiger partial charge in [-0.25, -0.2) is 0 Å². The van der Waals surface area contributed by atoms with Crippen molar-refractivity contribution in [2.75, 3.05) is 0 Å². The molecular weight excluding hydrogens is 302 g/mol. The minimum absolute atomic E-state index is 0.777. The Kier molecular flexibility index (Phi) is 5.48. The summed E-state index contributed by atoms with van der Waals surface area (Å²) in [4.78, 5) is 0. The largest absolute Gasteiger partial charge is 0.398 e. The van der Waals surface area contributed by atoms with Crippen molar-refractivity contribution in [3.05, 3.63) is 114 Å². The number of hydrogen-bond acceptors (Lipinski definition) is 1. The molecule has 1 nitrogen and oxygen atoms in total. The van der Waals surface area contributed by atoms with Crippen LogP contribution >= 0.6 is 0 Å². The van der Waals surface area contributed by atoms with Gasteiger partial charge >= 0.3 is 0 Å². The average Bonchev–Trinajstić information content (AvgIpc) is 2.66. The number of nitrogens with two attached hydrogens (primary N) is 1. The SMILES string of the molecule is Cc1cccc(-c2cccc(/C(N)=C/C=C\Cc3ccccc3)c2)c1. The Bertz CT molecular complexity index is 889. The molecule has 1 heteroatoms. The van der Waals surface area contributed by atoms with Gasteiger partial charge in [-0.2, -0.15) is 0 Å². The standard InChI is InChI=1S/C24H23N/c1-19-9-7-13-21(17-19)22-14-8-15-23(18-22)24(25)16-6-5-12-20-10-3-2-4-11-20/h2-11,13-18H,12,25H2,1H3/b6-5-,24-16-. The molecule has 0 unspecified atom stereocenters. The maximum absolute atomic E-state index is 6.26. The first-order chi connectivity index (χ1) is 12.2. The highest BCUT2D eigenvalue weighted by Gasteiger charge is 2.01. The first-order valence-electron chi connectivity index (χ1n) is 8.56. The predicted octanol–water partition coefficient (Wildman–Crippen LogP) is 5.76. The van der Waals surface area contributed by atoms with E-state index in [0.717, 1.165) is 17.7 Å². The number of aryl methyl sites for hydroxylation is 1. The summed E-state index contributed by atoms with van der Waals surface area (Å²) >= 11 is 0. The summed E-state index contributed by atoms with van der Waals surface area (Å²) in [6, 6.07) is 27.3. The zero-order chi connectivity index (χ0) is 17.5. The zero-order valence-corrected chi connectivity index (χ0v) is 14.5. The van der Waals surface area contributed by atoms with Crippen LogP contribution in [-0.4, -0.2) is 0 Å². The van der Waals surface area contributed by atoms with Crippen LogP contribution in [0.3, 0.4) is 0 Å². The van der Waals surface area contributed by atoms with Crippen LogP contribution in [-0.2, 0) is 6.42 Å². The highest BCUT2D eigenvalue weighted by molar-refractivity contribution is 5.72. The molecule has 3 aromatic carbocycles. The summed E-state index contributed by atoms with van der Waals surface area (Å²) in [6.07, 6.45) is 7.04. The van der Waals surface area contributed by atoms with Gasteiger partial charge in [-0.1, -0.05) is 90.5 Å². The first-order valence-corrected chi connectivity index (χ1v) is 8.56. The molecule has 0 aliphatic rings. The van der Waals surface area contributed by atoms with E-state index >= 15 is 0 Å². The molecule has 0 bridgehead atoms. The third-order valence-corrected chi connectivity index (χ3v) is 4.16. The van der Waals surface area contributed by atoms with Crippen LogP contribution in [0.25, 0.3) is 16.8 Å². The summed E-state index contributed by atoms with van der Waals surface area (Å²) < 4.78 is 0. The molecule has 2 N–H and O–H groups in total. The fourth-order valence-corrected chi connectivity index (χ4v) is 2.79. The molecule has 0 fully saturated rings. The zero-order valence-electron chi connectivity index (χ0n) is 14.5. The van der Waals surface area contributed by atoms with Crippen LogP contribution in [0.4, 0.5) is 0 Å². The van der Waals surface area contributed by atoms with Crippen molar-refractivity contribution < 1.29 is 0 Å². The molecule has 25 heavy (non-hydrogen) atoms. The maximum Gasteiger partial charge on any atom is 0.0387 e. The quantitative estimate of drug-likeness (QED) is 0.593. The molecule has 0 heterocycles. The van der Waals surface area contributed by atoms with Crippen molar-refractivity contribution in [1.29, 1.82) is 0 Å². The van der Waals surface area contributed by atoms with Gasteiger partial charge in [-0.05, 0) is 47.7 Å². The summed E-state index contributed by atoms with van der Waals surface area (Å²) in [5, 5.41) is 0. The Morgan fingerprint density at radius 1 is 0.840 bits per heavy atom. The molecule has 0 radical (unpaired) electrons. The van der Waals surface area contributed by atoms with E-state index in [1.807, 2.05) is 18.2 Å². The molecule has 0 aliphatic heterocycles. The second-order valence-corrected chi connectivity index (χ2v) is 6.19. The van der Waals surface area contributed by atoms with E-state index in [-0.39, 0.29) is 0 Å². The van der Waals surface area contributed by atoms with Crippen molar-refractivity contribution in [1.82, 2.24) is 0 Å². The van der Waals surface area contributed by atoms with Crippen molar-refractivity contribution in [3.8, 4) is 11.1 Å². The van der Waals surface area contributed by atoms with E-state index < -0.39 is 0 Å². The lowest BCUT2D eigenvalue weighted by atomic mass is 10.0. The van der Waals surface area contributed by atoms with Crippen molar-refractivity contribution in [2.45, 2.75) is 13.3 Å². The fraction of sp³-hybridized carbons (Fsp3) is 0.0833. The van der Waals surface area contributed by atoms with Crippen molar-refractivity contribution >= 4 is 5.70 Å². The summed E-state index contributed by atoms with van der Waals surface area (Å²) in [5.74, 6) is 0. The molecule has 0 aromatic heterocycles. The van der Waals surface area contributed by atoms with E-state index in [0.29, 0.717) is 0 Å². The summed E-state index contributed by atoms with van der Waals surface area (Å²) in [6.45, 7) is 2.11. The van der Waals surface area contributed by atoms with Gasteiger partial charge in [0.25, 0.3) is 0 Å². The van der Waals surface area contributed by atoms with Crippen LogP contribution < -0.4 is 5.73 Å². The third kappa shape index (κ3) is 4.71. The molecule has 3 aromatic rings. The molecule has 0 spiro atoms. The molecule has 0 atom stereocenters. The van der Waals surface area contributed by atoms with Gasteiger partial charge in [0, 0.05) is 5.70 Å². The molecule has 124 valence electrons. The van der Waals surface area contributed by atoms with Crippen LogP contribution in [0.15, 0.2) is 97.1 Å². The fourth-order valence-electron chi connectivity index (χ4n) is 2.79. The van der Waals surface area contributed by atoms with Crippen LogP contribution in [0.1, 0.15) is 16.7 Å². The first kappa shape index (κ1) is 16.8. The second-order valence-electron chi connectivity index (χ2n) is 6.19. The topological polar surface area (TPSA) is 26.0 Å². The Morgan fingerprint density at radius 2 is 1.56 bits per heavy atom. The molecular formula is C24H23N. The van der Waals surface area contributed by atoms with Crippen LogP contribution in [0, 0.1) is 6.92 Å². The van der Waals surface area contributed by atoms with E-state index in [2.05, 4.69) is 85.8 Å². The monoisotopic (exact) mass is 325 g/mol. The maximum atomic E-state index is 6.26. The highest BCUT2D eigenvalue weighted by Crippen LogP contribution is 2.23. The molecule has 0 amide bonds.